The summed E-state index contributed by atoms with van der Waals surface area (Å²) in [5.74, 6) is 0.599. The summed E-state index contributed by atoms with van der Waals surface area (Å²) in [7, 11) is 1.86. The minimum atomic E-state index is -0.587. The maximum absolute atomic E-state index is 12.8. The van der Waals surface area contributed by atoms with Crippen LogP contribution in [-0.4, -0.2) is 27.2 Å². The monoisotopic (exact) mass is 341 g/mol. The number of nitrogens with one attached hydrogen (secondary N) is 1. The highest BCUT2D eigenvalue weighted by Gasteiger charge is 2.35. The number of nitrogens with zero attached hydrogens (tertiary/aromatic N) is 2. The molecule has 6 heteroatoms. The van der Waals surface area contributed by atoms with Crippen LogP contribution in [0.2, 0.25) is 0 Å². The third-order valence-electron chi connectivity index (χ3n) is 4.58. The number of hydrogen-bond donors (Lipinski definition) is 2. The SMILES string of the molecule is Cc1cccc2oc(C(=O)NC(c3nccn3C)C(C)(C)CO)cc12. The number of imidazole rings is 1. The van der Waals surface area contributed by atoms with Crippen LogP contribution in [0.4, 0.5) is 0 Å². The van der Waals surface area contributed by atoms with Gasteiger partial charge in [0.1, 0.15) is 11.4 Å². The van der Waals surface area contributed by atoms with Crippen LogP contribution >= 0.6 is 0 Å². The van der Waals surface area contributed by atoms with Crippen molar-refractivity contribution in [3.05, 3.63) is 53.8 Å². The van der Waals surface area contributed by atoms with Crippen LogP contribution in [0.15, 0.2) is 41.1 Å². The molecule has 3 aromatic rings. The highest BCUT2D eigenvalue weighted by atomic mass is 16.3. The fourth-order valence-electron chi connectivity index (χ4n) is 2.88. The molecule has 0 saturated carbocycles. The Morgan fingerprint density at radius 3 is 2.80 bits per heavy atom. The summed E-state index contributed by atoms with van der Waals surface area (Å²) in [4.78, 5) is 17.1. The second kappa shape index (κ2) is 6.37. The van der Waals surface area contributed by atoms with E-state index in [0.717, 1.165) is 10.9 Å². The lowest BCUT2D eigenvalue weighted by Crippen LogP contribution is -2.41. The van der Waals surface area contributed by atoms with E-state index in [1.807, 2.05) is 56.8 Å². The number of aliphatic hydroxyl groups is 1. The Kier molecular flexibility index (Phi) is 4.39. The molecule has 1 atom stereocenters. The van der Waals surface area contributed by atoms with Gasteiger partial charge in [-0.25, -0.2) is 4.98 Å². The first-order chi connectivity index (χ1) is 11.8. The molecule has 6 nitrogen and oxygen atoms in total. The number of benzene rings is 1. The summed E-state index contributed by atoms with van der Waals surface area (Å²) in [5.41, 5.74) is 1.15. The van der Waals surface area contributed by atoms with E-state index in [-0.39, 0.29) is 18.3 Å². The molecule has 132 valence electrons. The van der Waals surface area contributed by atoms with E-state index < -0.39 is 11.5 Å². The van der Waals surface area contributed by atoms with Crippen molar-refractivity contribution in [2.24, 2.45) is 12.5 Å². The molecule has 0 spiro atoms. The molecule has 0 aliphatic carbocycles. The highest BCUT2D eigenvalue weighted by Crippen LogP contribution is 2.32. The van der Waals surface area contributed by atoms with Gasteiger partial charge in [-0.15, -0.1) is 0 Å². The molecule has 0 fully saturated rings. The van der Waals surface area contributed by atoms with Gasteiger partial charge in [0.05, 0.1) is 12.6 Å². The molecule has 0 saturated heterocycles. The van der Waals surface area contributed by atoms with Gasteiger partial charge in [0.2, 0.25) is 0 Å². The van der Waals surface area contributed by atoms with Gasteiger partial charge in [-0.2, -0.15) is 0 Å². The average Bonchev–Trinajstić information content (AvgIpc) is 3.19. The maximum Gasteiger partial charge on any atom is 0.287 e. The first kappa shape index (κ1) is 17.2. The minimum absolute atomic E-state index is 0.0932. The minimum Gasteiger partial charge on any atom is -0.451 e. The molecule has 2 aromatic heterocycles. The molecule has 2 heterocycles. The van der Waals surface area contributed by atoms with Crippen LogP contribution in [0, 0.1) is 12.3 Å². The van der Waals surface area contributed by atoms with E-state index in [1.54, 1.807) is 12.3 Å². The summed E-state index contributed by atoms with van der Waals surface area (Å²) in [6, 6.07) is 7.01. The smallest absolute Gasteiger partial charge is 0.287 e. The Morgan fingerprint density at radius 1 is 1.44 bits per heavy atom. The number of rotatable bonds is 5. The topological polar surface area (TPSA) is 80.3 Å². The van der Waals surface area contributed by atoms with Crippen LogP contribution in [0.25, 0.3) is 11.0 Å². The van der Waals surface area contributed by atoms with E-state index in [4.69, 9.17) is 4.42 Å². The van der Waals surface area contributed by atoms with Crippen molar-refractivity contribution in [2.45, 2.75) is 26.8 Å². The zero-order valence-corrected chi connectivity index (χ0v) is 14.9. The normalized spacial score (nSPS) is 13.2. The molecular formula is C19H23N3O3. The van der Waals surface area contributed by atoms with Crippen LogP contribution < -0.4 is 5.32 Å². The van der Waals surface area contributed by atoms with E-state index in [2.05, 4.69) is 10.3 Å². The van der Waals surface area contributed by atoms with E-state index in [0.29, 0.717) is 11.4 Å². The molecule has 3 rings (SSSR count). The summed E-state index contributed by atoms with van der Waals surface area (Å²) in [5, 5.41) is 13.7. The van der Waals surface area contributed by atoms with Gasteiger partial charge in [0.15, 0.2) is 5.76 Å². The van der Waals surface area contributed by atoms with E-state index in [9.17, 15) is 9.90 Å². The first-order valence-electron chi connectivity index (χ1n) is 8.21. The van der Waals surface area contributed by atoms with Crippen molar-refractivity contribution in [1.29, 1.82) is 0 Å². The lowest BCUT2D eigenvalue weighted by atomic mass is 9.84. The Labute approximate surface area is 146 Å². The number of carbonyl (C=O) groups excluding carboxylic acids is 1. The van der Waals surface area contributed by atoms with Gasteiger partial charge in [0.25, 0.3) is 5.91 Å². The van der Waals surface area contributed by atoms with Gasteiger partial charge in [0, 0.05) is 30.2 Å². The number of carbonyl (C=O) groups is 1. The number of hydrogen-bond acceptors (Lipinski definition) is 4. The zero-order chi connectivity index (χ0) is 18.2. The number of amides is 1. The molecule has 2 N–H and O–H groups in total. The summed E-state index contributed by atoms with van der Waals surface area (Å²) < 4.78 is 7.54. The summed E-state index contributed by atoms with van der Waals surface area (Å²) in [6.07, 6.45) is 3.49. The van der Waals surface area contributed by atoms with E-state index in [1.165, 1.54) is 0 Å². The standard InChI is InChI=1S/C19H23N3O3/c1-12-6-5-7-14-13(12)10-15(25-14)18(24)21-16(19(2,3)11-23)17-20-8-9-22(17)4/h5-10,16,23H,11H2,1-4H3,(H,21,24). The van der Waals surface area contributed by atoms with E-state index >= 15 is 0 Å². The largest absolute Gasteiger partial charge is 0.451 e. The van der Waals surface area contributed by atoms with Crippen LogP contribution in [0.3, 0.4) is 0 Å². The number of aliphatic hydroxyl groups excluding tert-OH is 1. The van der Waals surface area contributed by atoms with Crippen molar-refractivity contribution >= 4 is 16.9 Å². The quantitative estimate of drug-likeness (QED) is 0.748. The number of fused-ring (bicyclic) bond motifs is 1. The number of aromatic nitrogens is 2. The Hall–Kier alpha value is -2.60. The molecule has 25 heavy (non-hydrogen) atoms. The predicted octanol–water partition coefficient (Wildman–Crippen LogP) is 2.96. The Morgan fingerprint density at radius 2 is 2.20 bits per heavy atom. The fraction of sp³-hybridized carbons (Fsp3) is 0.368. The summed E-state index contributed by atoms with van der Waals surface area (Å²) in [6.45, 7) is 5.65. The van der Waals surface area contributed by atoms with Gasteiger partial charge in [-0.1, -0.05) is 26.0 Å². The lowest BCUT2D eigenvalue weighted by Gasteiger charge is -2.32. The van der Waals surface area contributed by atoms with Crippen molar-refractivity contribution in [2.75, 3.05) is 6.61 Å². The number of furan rings is 1. The van der Waals surface area contributed by atoms with Crippen molar-refractivity contribution in [3.8, 4) is 0 Å². The molecule has 0 bridgehead atoms. The molecule has 0 aliphatic heterocycles. The Bertz CT molecular complexity index is 908. The van der Waals surface area contributed by atoms with Crippen molar-refractivity contribution < 1.29 is 14.3 Å². The van der Waals surface area contributed by atoms with Crippen molar-refractivity contribution in [1.82, 2.24) is 14.9 Å². The molecule has 1 unspecified atom stereocenters. The highest BCUT2D eigenvalue weighted by molar-refractivity contribution is 5.97. The third-order valence-corrected chi connectivity index (χ3v) is 4.58. The van der Waals surface area contributed by atoms with Crippen LogP contribution in [-0.2, 0) is 7.05 Å². The number of aryl methyl sites for hydroxylation is 2. The Balaban J connectivity index is 1.94. The van der Waals surface area contributed by atoms with Crippen LogP contribution in [0.1, 0.15) is 41.8 Å². The predicted molar refractivity (Wildman–Crippen MR) is 95.2 cm³/mol. The summed E-state index contributed by atoms with van der Waals surface area (Å²) >= 11 is 0. The first-order valence-corrected chi connectivity index (χ1v) is 8.21. The second-order valence-corrected chi connectivity index (χ2v) is 7.05. The molecule has 1 amide bonds. The molecule has 0 radical (unpaired) electrons. The second-order valence-electron chi connectivity index (χ2n) is 7.05. The van der Waals surface area contributed by atoms with Crippen LogP contribution in [0.5, 0.6) is 0 Å². The molecule has 0 aliphatic rings. The van der Waals surface area contributed by atoms with Gasteiger partial charge < -0.3 is 19.4 Å². The van der Waals surface area contributed by atoms with Gasteiger partial charge >= 0.3 is 0 Å². The lowest BCUT2D eigenvalue weighted by molar-refractivity contribution is 0.0768. The molecule has 1 aromatic carbocycles. The zero-order valence-electron chi connectivity index (χ0n) is 14.9. The fourth-order valence-corrected chi connectivity index (χ4v) is 2.88. The molecular weight excluding hydrogens is 318 g/mol. The van der Waals surface area contributed by atoms with Gasteiger partial charge in [-0.3, -0.25) is 4.79 Å². The maximum atomic E-state index is 12.8. The third kappa shape index (κ3) is 3.17. The van der Waals surface area contributed by atoms with Crippen molar-refractivity contribution in [3.63, 3.8) is 0 Å². The average molecular weight is 341 g/mol. The van der Waals surface area contributed by atoms with Gasteiger partial charge in [-0.05, 0) is 24.6 Å².